The van der Waals surface area contributed by atoms with Gasteiger partial charge in [-0.2, -0.15) is 22.3 Å². The van der Waals surface area contributed by atoms with Crippen molar-refractivity contribution >= 4 is 45.1 Å². The van der Waals surface area contributed by atoms with Crippen LogP contribution in [0.1, 0.15) is 47.5 Å². The third-order valence-electron chi connectivity index (χ3n) is 8.62. The summed E-state index contributed by atoms with van der Waals surface area (Å²) < 4.78 is 74.7. The molecule has 1 aromatic heterocycles. The molecule has 2 saturated heterocycles. The van der Waals surface area contributed by atoms with E-state index in [1.165, 1.54) is 25.5 Å². The number of Topliss-reactive ketones (excluding diaryl/α,β-unsaturated/α-hetero) is 1. The van der Waals surface area contributed by atoms with E-state index < -0.39 is 69.2 Å². The lowest BCUT2D eigenvalue weighted by atomic mass is 9.86. The number of ether oxygens (including phenoxy) is 1. The number of hydrogen-bond acceptors (Lipinski definition) is 9. The number of ketones is 1. The SMILES string of the molecule is CC(C)(C)[C@H](NS(=O)(=O)C(F)(F)F)C(=O)N1C[C@H]2[C@@H]([C@H]1C(=O)N[C@@H](C[C@@H]1CCNC1=O)C(=O)COc1ccsn1)C2(C)C. The molecule has 0 bridgehead atoms. The van der Waals surface area contributed by atoms with E-state index in [0.29, 0.717) is 13.0 Å². The summed E-state index contributed by atoms with van der Waals surface area (Å²) in [5.74, 6) is -3.39. The van der Waals surface area contributed by atoms with Gasteiger partial charge in [0.15, 0.2) is 12.4 Å². The third-order valence-corrected chi connectivity index (χ3v) is 10.3. The molecule has 240 valence electrons. The Morgan fingerprint density at radius 1 is 1.26 bits per heavy atom. The average molecular weight is 652 g/mol. The van der Waals surface area contributed by atoms with Crippen LogP contribution in [0.25, 0.3) is 0 Å². The number of piperidine rings is 1. The fraction of sp³-hybridized carbons (Fsp3) is 0.731. The lowest BCUT2D eigenvalue weighted by Gasteiger charge is -2.37. The lowest BCUT2D eigenvalue weighted by Crippen LogP contribution is -2.61. The van der Waals surface area contributed by atoms with Crippen LogP contribution >= 0.6 is 11.5 Å². The highest BCUT2D eigenvalue weighted by atomic mass is 32.2. The van der Waals surface area contributed by atoms with Crippen molar-refractivity contribution in [2.45, 2.75) is 71.1 Å². The van der Waals surface area contributed by atoms with E-state index in [0.717, 1.165) is 16.4 Å². The molecule has 1 saturated carbocycles. The van der Waals surface area contributed by atoms with Gasteiger partial charge in [0, 0.05) is 30.5 Å². The van der Waals surface area contributed by atoms with Gasteiger partial charge >= 0.3 is 15.5 Å². The number of fused-ring (bicyclic) bond motifs is 1. The molecule has 17 heteroatoms. The fourth-order valence-corrected chi connectivity index (χ4v) is 7.36. The Balaban J connectivity index is 1.58. The molecule has 1 aliphatic carbocycles. The monoisotopic (exact) mass is 651 g/mol. The van der Waals surface area contributed by atoms with Gasteiger partial charge in [0.1, 0.15) is 12.1 Å². The third kappa shape index (κ3) is 6.82. The standard InChI is InChI=1S/C26H36F3N5O7S2/c1-24(2,3)20(33-43(39,40)26(27,28)29)23(38)34-11-14-18(25(14,4)5)19(34)22(37)31-15(10-13-6-8-30-21(13)36)16(35)12-41-17-7-9-42-32-17/h7,9,13-15,18-20,33H,6,8,10-12H2,1-5H3,(H,30,36)(H,31,37)/t13-,14-,15-,18-,19-,20+/m0/s1. The van der Waals surface area contributed by atoms with E-state index in [9.17, 15) is 40.8 Å². The van der Waals surface area contributed by atoms with Crippen LogP contribution < -0.4 is 20.1 Å². The summed E-state index contributed by atoms with van der Waals surface area (Å²) >= 11 is 1.12. The summed E-state index contributed by atoms with van der Waals surface area (Å²) in [7, 11) is -5.89. The van der Waals surface area contributed by atoms with Gasteiger partial charge in [-0.05, 0) is 47.0 Å². The quantitative estimate of drug-likeness (QED) is 0.324. The molecule has 1 aromatic rings. The maximum atomic E-state index is 13.9. The number of halogens is 3. The minimum absolute atomic E-state index is 0.0193. The highest BCUT2D eigenvalue weighted by Crippen LogP contribution is 2.65. The molecule has 3 N–H and O–H groups in total. The molecule has 0 aromatic carbocycles. The molecule has 0 radical (unpaired) electrons. The van der Waals surface area contributed by atoms with E-state index in [1.54, 1.807) is 11.4 Å². The summed E-state index contributed by atoms with van der Waals surface area (Å²) in [6.45, 7) is 8.01. The molecule has 3 heterocycles. The van der Waals surface area contributed by atoms with Gasteiger partial charge in [-0.25, -0.2) is 8.42 Å². The summed E-state index contributed by atoms with van der Waals surface area (Å²) in [6.07, 6.45) is 0.425. The molecule has 0 spiro atoms. The first-order valence-corrected chi connectivity index (χ1v) is 16.1. The first kappa shape index (κ1) is 33.1. The Hall–Kier alpha value is -2.79. The first-order valence-electron chi connectivity index (χ1n) is 13.8. The van der Waals surface area contributed by atoms with Crippen LogP contribution in [0.4, 0.5) is 13.2 Å². The number of rotatable bonds is 11. The van der Waals surface area contributed by atoms with Gasteiger partial charge in [-0.1, -0.05) is 34.6 Å². The molecule has 0 unspecified atom stereocenters. The molecule has 4 rings (SSSR count). The van der Waals surface area contributed by atoms with Crippen molar-refractivity contribution in [2.24, 2.45) is 28.6 Å². The topological polar surface area (TPSA) is 164 Å². The zero-order chi connectivity index (χ0) is 32.1. The van der Waals surface area contributed by atoms with Crippen LogP contribution in [0.2, 0.25) is 0 Å². The maximum absolute atomic E-state index is 13.9. The van der Waals surface area contributed by atoms with Gasteiger partial charge < -0.3 is 20.3 Å². The molecule has 6 atom stereocenters. The van der Waals surface area contributed by atoms with Gasteiger partial charge in [0.25, 0.3) is 0 Å². The van der Waals surface area contributed by atoms with Gasteiger partial charge in [-0.3, -0.25) is 19.2 Å². The zero-order valence-electron chi connectivity index (χ0n) is 24.4. The molecule has 2 aliphatic heterocycles. The Bertz CT molecular complexity index is 1360. The van der Waals surface area contributed by atoms with Crippen molar-refractivity contribution in [2.75, 3.05) is 19.7 Å². The van der Waals surface area contributed by atoms with Gasteiger partial charge in [-0.15, -0.1) is 0 Å². The molecular formula is C26H36F3N5O7S2. The number of amides is 3. The fourth-order valence-electron chi connectivity index (χ4n) is 6.00. The van der Waals surface area contributed by atoms with E-state index in [4.69, 9.17) is 4.74 Å². The number of carbonyl (C=O) groups is 4. The predicted octanol–water partition coefficient (Wildman–Crippen LogP) is 1.44. The Morgan fingerprint density at radius 2 is 1.93 bits per heavy atom. The van der Waals surface area contributed by atoms with Crippen LogP contribution in [0.15, 0.2) is 11.4 Å². The zero-order valence-corrected chi connectivity index (χ0v) is 26.0. The number of aromatic nitrogens is 1. The number of alkyl halides is 3. The second-order valence-corrected chi connectivity index (χ2v) is 15.3. The first-order chi connectivity index (χ1) is 19.8. The molecule has 3 amide bonds. The van der Waals surface area contributed by atoms with Crippen LogP contribution in [0, 0.1) is 28.6 Å². The highest BCUT2D eigenvalue weighted by Gasteiger charge is 2.70. The molecule has 43 heavy (non-hydrogen) atoms. The minimum atomic E-state index is -5.89. The average Bonchev–Trinajstić information content (AvgIpc) is 3.45. The summed E-state index contributed by atoms with van der Waals surface area (Å²) in [5, 5.41) is 7.03. The van der Waals surface area contributed by atoms with Gasteiger partial charge in [0.05, 0.1) is 6.04 Å². The van der Waals surface area contributed by atoms with Crippen LogP contribution in [0.3, 0.4) is 0 Å². The Morgan fingerprint density at radius 3 is 2.47 bits per heavy atom. The van der Waals surface area contributed by atoms with E-state index >= 15 is 0 Å². The normalized spacial score (nSPS) is 26.3. The number of nitrogens with zero attached hydrogens (tertiary/aromatic N) is 2. The van der Waals surface area contributed by atoms with Crippen molar-refractivity contribution in [3.63, 3.8) is 0 Å². The second kappa shape index (κ2) is 11.6. The van der Waals surface area contributed by atoms with E-state index in [-0.39, 0.29) is 42.0 Å². The Labute approximate surface area is 251 Å². The van der Waals surface area contributed by atoms with Crippen molar-refractivity contribution in [1.82, 2.24) is 24.6 Å². The summed E-state index contributed by atoms with van der Waals surface area (Å²) in [6, 6.07) is -2.62. The smallest absolute Gasteiger partial charge is 0.469 e. The number of likely N-dealkylation sites (tertiary alicyclic amines) is 1. The van der Waals surface area contributed by atoms with Gasteiger partial charge in [0.2, 0.25) is 23.6 Å². The van der Waals surface area contributed by atoms with Crippen molar-refractivity contribution in [3.05, 3.63) is 11.4 Å². The number of sulfonamides is 1. The van der Waals surface area contributed by atoms with Crippen LogP contribution in [-0.4, -0.2) is 84.5 Å². The lowest BCUT2D eigenvalue weighted by molar-refractivity contribution is -0.144. The minimum Gasteiger partial charge on any atom is -0.469 e. The highest BCUT2D eigenvalue weighted by molar-refractivity contribution is 7.90. The van der Waals surface area contributed by atoms with Crippen LogP contribution in [0.5, 0.6) is 5.88 Å². The summed E-state index contributed by atoms with van der Waals surface area (Å²) in [5.41, 5.74) is -7.33. The summed E-state index contributed by atoms with van der Waals surface area (Å²) in [4.78, 5) is 54.3. The molecular weight excluding hydrogens is 615 g/mol. The number of nitrogens with one attached hydrogen (secondary N) is 3. The molecule has 12 nitrogen and oxygen atoms in total. The largest absolute Gasteiger partial charge is 0.511 e. The predicted molar refractivity (Wildman–Crippen MR) is 148 cm³/mol. The Kier molecular flexibility index (Phi) is 8.94. The molecule has 3 fully saturated rings. The maximum Gasteiger partial charge on any atom is 0.511 e. The van der Waals surface area contributed by atoms with E-state index in [2.05, 4.69) is 15.0 Å². The van der Waals surface area contributed by atoms with Crippen molar-refractivity contribution in [3.8, 4) is 5.88 Å². The number of hydrogen-bond donors (Lipinski definition) is 3. The van der Waals surface area contributed by atoms with Crippen LogP contribution in [-0.2, 0) is 29.2 Å². The number of carbonyl (C=O) groups excluding carboxylic acids is 4. The second-order valence-electron chi connectivity index (χ2n) is 12.9. The van der Waals surface area contributed by atoms with Crippen molar-refractivity contribution in [1.29, 1.82) is 0 Å². The van der Waals surface area contributed by atoms with E-state index in [1.807, 2.05) is 13.8 Å². The molecule has 3 aliphatic rings. The van der Waals surface area contributed by atoms with Crippen molar-refractivity contribution < 1.29 is 45.5 Å².